The zero-order valence-corrected chi connectivity index (χ0v) is 18.5. The Morgan fingerprint density at radius 1 is 1.19 bits per heavy atom. The summed E-state index contributed by atoms with van der Waals surface area (Å²) >= 11 is 1.20. The molecule has 2 aromatic rings. The molecule has 1 heterocycles. The van der Waals surface area contributed by atoms with E-state index in [1.165, 1.54) is 17.8 Å². The second kappa shape index (κ2) is 10.9. The maximum atomic E-state index is 13.9. The summed E-state index contributed by atoms with van der Waals surface area (Å²) in [6, 6.07) is 10.3. The number of nitrogens with one attached hydrogen (secondary N) is 2. The van der Waals surface area contributed by atoms with Gasteiger partial charge in [-0.05, 0) is 43.7 Å². The van der Waals surface area contributed by atoms with Crippen LogP contribution < -0.4 is 10.6 Å². The molecule has 2 aromatic carbocycles. The molecule has 1 unspecified atom stereocenters. The Kier molecular flexibility index (Phi) is 7.99. The lowest BCUT2D eigenvalue weighted by molar-refractivity contribution is -0.142. The molecule has 0 aromatic heterocycles. The second-order valence-electron chi connectivity index (χ2n) is 6.87. The van der Waals surface area contributed by atoms with E-state index in [0.29, 0.717) is 28.9 Å². The predicted octanol–water partition coefficient (Wildman–Crippen LogP) is 5.41. The van der Waals surface area contributed by atoms with E-state index in [-0.39, 0.29) is 24.7 Å². The highest BCUT2D eigenvalue weighted by Crippen LogP contribution is 2.32. The van der Waals surface area contributed by atoms with E-state index in [9.17, 15) is 18.4 Å². The van der Waals surface area contributed by atoms with Crippen molar-refractivity contribution in [1.82, 2.24) is 0 Å². The molecule has 32 heavy (non-hydrogen) atoms. The highest BCUT2D eigenvalue weighted by atomic mass is 32.2. The van der Waals surface area contributed by atoms with E-state index in [4.69, 9.17) is 4.74 Å². The molecule has 0 fully saturated rings. The minimum atomic E-state index is -0.847. The van der Waals surface area contributed by atoms with E-state index >= 15 is 0 Å². The van der Waals surface area contributed by atoms with Crippen molar-refractivity contribution >= 4 is 45.7 Å². The minimum Gasteiger partial charge on any atom is -0.466 e. The summed E-state index contributed by atoms with van der Waals surface area (Å²) in [7, 11) is 0. The first-order valence-corrected chi connectivity index (χ1v) is 11.0. The molecule has 1 atom stereocenters. The summed E-state index contributed by atoms with van der Waals surface area (Å²) in [6.45, 7) is 3.83. The van der Waals surface area contributed by atoms with Crippen molar-refractivity contribution in [2.45, 2.75) is 31.9 Å². The summed E-state index contributed by atoms with van der Waals surface area (Å²) in [6.07, 6.45) is 2.16. The van der Waals surface area contributed by atoms with E-state index in [0.717, 1.165) is 11.8 Å². The van der Waals surface area contributed by atoms with Crippen LogP contribution in [0.3, 0.4) is 0 Å². The number of carbonyl (C=O) groups excluding carboxylic acids is 2. The van der Waals surface area contributed by atoms with Gasteiger partial charge in [0.05, 0.1) is 40.4 Å². The number of aliphatic imine (C=N–C) groups is 1. The third kappa shape index (κ3) is 6.16. The molecule has 0 bridgehead atoms. The van der Waals surface area contributed by atoms with E-state index in [2.05, 4.69) is 15.6 Å². The average Bonchev–Trinajstić information content (AvgIpc) is 2.92. The van der Waals surface area contributed by atoms with Crippen molar-refractivity contribution in [2.75, 3.05) is 17.2 Å². The molecule has 1 amide bonds. The van der Waals surface area contributed by atoms with Gasteiger partial charge in [-0.25, -0.2) is 13.8 Å². The summed E-state index contributed by atoms with van der Waals surface area (Å²) in [5, 5.41) is 5.63. The number of nitrogens with zero attached hydrogens (tertiary/aromatic N) is 1. The topological polar surface area (TPSA) is 79.8 Å². The Morgan fingerprint density at radius 3 is 2.69 bits per heavy atom. The van der Waals surface area contributed by atoms with Gasteiger partial charge >= 0.3 is 5.97 Å². The van der Waals surface area contributed by atoms with Gasteiger partial charge in [0.15, 0.2) is 0 Å². The van der Waals surface area contributed by atoms with Crippen molar-refractivity contribution in [1.29, 1.82) is 0 Å². The third-order valence-corrected chi connectivity index (χ3v) is 5.77. The number of ether oxygens (including phenoxy) is 1. The monoisotopic (exact) mass is 459 g/mol. The molecule has 168 valence electrons. The Labute approximate surface area is 189 Å². The van der Waals surface area contributed by atoms with Crippen LogP contribution in [0.25, 0.3) is 0 Å². The minimum absolute atomic E-state index is 0.0194. The molecule has 2 N–H and O–H groups in total. The Hall–Kier alpha value is -3.20. The molecular weight excluding hydrogens is 436 g/mol. The van der Waals surface area contributed by atoms with Crippen LogP contribution in [0.1, 0.15) is 26.7 Å². The molecule has 3 rings (SSSR count). The number of fused-ring (bicyclic) bond motifs is 1. The van der Waals surface area contributed by atoms with Gasteiger partial charge in [0.1, 0.15) is 11.6 Å². The Balaban J connectivity index is 1.82. The summed E-state index contributed by atoms with van der Waals surface area (Å²) in [5.41, 5.74) is 1.87. The van der Waals surface area contributed by atoms with Gasteiger partial charge in [0.25, 0.3) is 0 Å². The number of benzene rings is 2. The fourth-order valence-corrected chi connectivity index (χ4v) is 3.97. The molecule has 0 radical (unpaired) electrons. The summed E-state index contributed by atoms with van der Waals surface area (Å²) in [4.78, 5) is 29.4. The molecule has 0 saturated heterocycles. The van der Waals surface area contributed by atoms with Crippen molar-refractivity contribution in [3.63, 3.8) is 0 Å². The average molecular weight is 460 g/mol. The number of thioether (sulfide) groups is 1. The first-order valence-electron chi connectivity index (χ1n) is 10.1. The van der Waals surface area contributed by atoms with E-state index in [1.54, 1.807) is 13.0 Å². The van der Waals surface area contributed by atoms with E-state index < -0.39 is 22.8 Å². The lowest BCUT2D eigenvalue weighted by Gasteiger charge is -2.15. The van der Waals surface area contributed by atoms with Crippen LogP contribution in [0.2, 0.25) is 0 Å². The lowest BCUT2D eigenvalue weighted by atomic mass is 10.2. The van der Waals surface area contributed by atoms with E-state index in [1.807, 2.05) is 31.2 Å². The van der Waals surface area contributed by atoms with Crippen LogP contribution in [0.15, 0.2) is 59.2 Å². The van der Waals surface area contributed by atoms with Crippen LogP contribution in [0.5, 0.6) is 0 Å². The first kappa shape index (κ1) is 23.5. The number of anilines is 2. The Bertz CT molecular complexity index is 1070. The predicted molar refractivity (Wildman–Crippen MR) is 123 cm³/mol. The van der Waals surface area contributed by atoms with Crippen molar-refractivity contribution in [3.05, 3.63) is 65.9 Å². The van der Waals surface area contributed by atoms with Gasteiger partial charge in [-0.1, -0.05) is 30.8 Å². The second-order valence-corrected chi connectivity index (χ2v) is 8.09. The highest BCUT2D eigenvalue weighted by molar-refractivity contribution is 8.15. The standard InChI is InChI=1S/C23H23F2N3O3S/c1-3-20(23(30)28-17-10-9-14(24)11-16(17)25)32-21-12-15(13-22(29)31-4-2)26-18-7-5-6-8-19(18)27-21/h5-12,20,26H,3-4,13H2,1-2H3,(H,28,30). The van der Waals surface area contributed by atoms with Gasteiger partial charge in [-0.2, -0.15) is 0 Å². The van der Waals surface area contributed by atoms with Crippen LogP contribution in [-0.4, -0.2) is 28.8 Å². The molecule has 0 aliphatic carbocycles. The highest BCUT2D eigenvalue weighted by Gasteiger charge is 2.23. The van der Waals surface area contributed by atoms with Gasteiger partial charge < -0.3 is 15.4 Å². The number of amides is 1. The number of hydrogen-bond donors (Lipinski definition) is 2. The third-order valence-electron chi connectivity index (χ3n) is 4.48. The zero-order valence-electron chi connectivity index (χ0n) is 17.7. The van der Waals surface area contributed by atoms with Gasteiger partial charge in [-0.15, -0.1) is 0 Å². The number of esters is 1. The number of rotatable bonds is 7. The van der Waals surface area contributed by atoms with Gasteiger partial charge in [0.2, 0.25) is 5.91 Å². The molecular formula is C23H23F2N3O3S. The van der Waals surface area contributed by atoms with Crippen LogP contribution in [0, 0.1) is 11.6 Å². The normalized spacial score (nSPS) is 13.6. The molecule has 1 aliphatic heterocycles. The number of para-hydroxylation sites is 2. The maximum absolute atomic E-state index is 13.9. The molecule has 6 nitrogen and oxygen atoms in total. The number of hydrogen-bond acceptors (Lipinski definition) is 6. The fourth-order valence-electron chi connectivity index (χ4n) is 2.98. The van der Waals surface area contributed by atoms with Crippen molar-refractivity contribution in [2.24, 2.45) is 4.99 Å². The summed E-state index contributed by atoms with van der Waals surface area (Å²) < 4.78 is 32.1. The smallest absolute Gasteiger partial charge is 0.311 e. The van der Waals surface area contributed by atoms with Crippen molar-refractivity contribution < 1.29 is 23.1 Å². The Morgan fingerprint density at radius 2 is 1.97 bits per heavy atom. The summed E-state index contributed by atoms with van der Waals surface area (Å²) in [5.74, 6) is -2.39. The lowest BCUT2D eigenvalue weighted by Crippen LogP contribution is -2.26. The molecule has 0 spiro atoms. The van der Waals surface area contributed by atoms with Gasteiger partial charge in [0, 0.05) is 11.8 Å². The fraction of sp³-hybridized carbons (Fsp3) is 0.261. The largest absolute Gasteiger partial charge is 0.466 e. The van der Waals surface area contributed by atoms with Crippen LogP contribution in [-0.2, 0) is 14.3 Å². The molecule has 1 aliphatic rings. The number of carbonyl (C=O) groups is 2. The molecule has 9 heteroatoms. The maximum Gasteiger partial charge on any atom is 0.311 e. The number of halogens is 2. The molecule has 0 saturated carbocycles. The SMILES string of the molecule is CCOC(=O)CC1=CC(SC(CC)C(=O)Nc2ccc(F)cc2F)=Nc2ccccc2N1. The van der Waals surface area contributed by atoms with Crippen LogP contribution in [0.4, 0.5) is 25.8 Å². The quantitative estimate of drug-likeness (QED) is 0.542. The van der Waals surface area contributed by atoms with Gasteiger partial charge in [-0.3, -0.25) is 9.59 Å². The van der Waals surface area contributed by atoms with Crippen LogP contribution >= 0.6 is 11.8 Å². The first-order chi connectivity index (χ1) is 15.4. The zero-order chi connectivity index (χ0) is 23.1. The van der Waals surface area contributed by atoms with Crippen molar-refractivity contribution in [3.8, 4) is 0 Å².